The summed E-state index contributed by atoms with van der Waals surface area (Å²) in [6.07, 6.45) is 1.69. The number of carboxylic acid groups (broad SMARTS) is 1. The van der Waals surface area contributed by atoms with Gasteiger partial charge in [-0.1, -0.05) is 6.07 Å². The van der Waals surface area contributed by atoms with E-state index < -0.39 is 5.97 Å². The molecule has 0 fully saturated rings. The summed E-state index contributed by atoms with van der Waals surface area (Å²) in [6, 6.07) is 17.2. The smallest absolute Gasteiger partial charge is 0.335 e. The number of ether oxygens (including phenoxy) is 1. The number of nitrogens with one attached hydrogen (secondary N) is 2. The van der Waals surface area contributed by atoms with E-state index in [0.717, 1.165) is 27.2 Å². The van der Waals surface area contributed by atoms with Crippen LogP contribution in [0.5, 0.6) is 11.5 Å². The zero-order valence-electron chi connectivity index (χ0n) is 16.0. The number of hydrogen-bond donors (Lipinski definition) is 3. The average molecular weight is 429 g/mol. The lowest BCUT2D eigenvalue weighted by Crippen LogP contribution is -2.05. The molecule has 0 aliphatic carbocycles. The molecule has 1 aromatic heterocycles. The Hall–Kier alpha value is -4.17. The Labute approximate surface area is 180 Å². The molecule has 152 valence electrons. The van der Waals surface area contributed by atoms with Gasteiger partial charge < -0.3 is 20.5 Å². The lowest BCUT2D eigenvalue weighted by Gasteiger charge is -2.08. The first-order valence-corrected chi connectivity index (χ1v) is 10.2. The third-order valence-corrected chi connectivity index (χ3v) is 5.68. The maximum atomic E-state index is 12.5. The summed E-state index contributed by atoms with van der Waals surface area (Å²) >= 11 is 1.50. The molecule has 7 nitrogen and oxygen atoms in total. The first kappa shape index (κ1) is 18.8. The van der Waals surface area contributed by atoms with Gasteiger partial charge in [-0.3, -0.25) is 4.79 Å². The number of aromatic nitrogens is 1. The lowest BCUT2D eigenvalue weighted by molar-refractivity contribution is -0.110. The van der Waals surface area contributed by atoms with E-state index in [1.165, 1.54) is 23.5 Å². The normalized spacial score (nSPS) is 13.8. The zero-order valence-corrected chi connectivity index (χ0v) is 16.8. The Morgan fingerprint density at radius 3 is 2.74 bits per heavy atom. The Balaban J connectivity index is 1.35. The van der Waals surface area contributed by atoms with E-state index in [1.54, 1.807) is 36.0 Å². The van der Waals surface area contributed by atoms with Crippen LogP contribution in [0.25, 0.3) is 15.8 Å². The van der Waals surface area contributed by atoms with Crippen LogP contribution in [0.3, 0.4) is 0 Å². The third kappa shape index (κ3) is 3.60. The summed E-state index contributed by atoms with van der Waals surface area (Å²) in [4.78, 5) is 27.9. The maximum absolute atomic E-state index is 12.5. The molecule has 0 saturated heterocycles. The van der Waals surface area contributed by atoms with Crippen molar-refractivity contribution in [3.05, 3.63) is 83.5 Å². The molecule has 4 aromatic rings. The van der Waals surface area contributed by atoms with Crippen LogP contribution in [0.4, 0.5) is 11.4 Å². The van der Waals surface area contributed by atoms with E-state index in [2.05, 4.69) is 15.6 Å². The molecule has 3 N–H and O–H groups in total. The fourth-order valence-corrected chi connectivity index (χ4v) is 4.20. The van der Waals surface area contributed by atoms with E-state index in [0.29, 0.717) is 17.1 Å². The number of amides is 1. The van der Waals surface area contributed by atoms with E-state index in [9.17, 15) is 9.59 Å². The molecule has 0 atom stereocenters. The zero-order chi connectivity index (χ0) is 21.4. The molecule has 0 unspecified atom stereocenters. The first-order chi connectivity index (χ1) is 15.1. The number of fused-ring (bicyclic) bond motifs is 3. The molecule has 1 aliphatic heterocycles. The van der Waals surface area contributed by atoms with Crippen molar-refractivity contribution >= 4 is 50.4 Å². The number of thiazole rings is 1. The molecular formula is C23H15N3O4S. The standard InChI is InChI=1S/C23H15N3O4S/c27-22-17(20-18(26-22)8-9-19-21(20)31-12-25-19)11-24-14-4-6-15(7-5-14)30-16-3-1-2-13(10-16)23(28)29/h1-12,24H,(H,26,27)(H,28,29). The Bertz CT molecular complexity index is 1360. The number of anilines is 2. The van der Waals surface area contributed by atoms with Crippen molar-refractivity contribution < 1.29 is 19.4 Å². The average Bonchev–Trinajstić information content (AvgIpc) is 3.37. The van der Waals surface area contributed by atoms with Gasteiger partial charge in [0.15, 0.2) is 0 Å². The molecule has 1 amide bonds. The van der Waals surface area contributed by atoms with Gasteiger partial charge in [-0.15, -0.1) is 11.3 Å². The summed E-state index contributed by atoms with van der Waals surface area (Å²) in [7, 11) is 0. The summed E-state index contributed by atoms with van der Waals surface area (Å²) in [6.45, 7) is 0. The van der Waals surface area contributed by atoms with Crippen LogP contribution in [0.2, 0.25) is 0 Å². The number of carbonyl (C=O) groups excluding carboxylic acids is 1. The molecule has 0 radical (unpaired) electrons. The summed E-state index contributed by atoms with van der Waals surface area (Å²) < 4.78 is 6.70. The second kappa shape index (κ2) is 7.58. The van der Waals surface area contributed by atoms with Crippen molar-refractivity contribution in [3.63, 3.8) is 0 Å². The fourth-order valence-electron chi connectivity index (χ4n) is 3.34. The van der Waals surface area contributed by atoms with Gasteiger partial charge in [0, 0.05) is 17.5 Å². The van der Waals surface area contributed by atoms with E-state index in [4.69, 9.17) is 9.84 Å². The predicted octanol–water partition coefficient (Wildman–Crippen LogP) is 5.19. The minimum atomic E-state index is -1.01. The van der Waals surface area contributed by atoms with Gasteiger partial charge >= 0.3 is 5.97 Å². The topological polar surface area (TPSA) is 101 Å². The van der Waals surface area contributed by atoms with Crippen molar-refractivity contribution in [2.24, 2.45) is 0 Å². The fraction of sp³-hybridized carbons (Fsp3) is 0. The van der Waals surface area contributed by atoms with Gasteiger partial charge in [-0.2, -0.15) is 0 Å². The van der Waals surface area contributed by atoms with Crippen LogP contribution in [0, 0.1) is 0 Å². The van der Waals surface area contributed by atoms with E-state index >= 15 is 0 Å². The van der Waals surface area contributed by atoms with Crippen molar-refractivity contribution in [3.8, 4) is 11.5 Å². The molecule has 0 saturated carbocycles. The van der Waals surface area contributed by atoms with Crippen LogP contribution in [-0.2, 0) is 4.79 Å². The molecule has 0 bridgehead atoms. The minimum absolute atomic E-state index is 0.160. The van der Waals surface area contributed by atoms with Gasteiger partial charge in [-0.05, 0) is 54.6 Å². The third-order valence-electron chi connectivity index (χ3n) is 4.82. The van der Waals surface area contributed by atoms with Crippen LogP contribution in [0.15, 0.2) is 72.4 Å². The Morgan fingerprint density at radius 2 is 1.94 bits per heavy atom. The number of rotatable bonds is 5. The highest BCUT2D eigenvalue weighted by Gasteiger charge is 2.27. The van der Waals surface area contributed by atoms with Crippen molar-refractivity contribution in [2.45, 2.75) is 0 Å². The number of aromatic carboxylic acids is 1. The van der Waals surface area contributed by atoms with Gasteiger partial charge in [0.2, 0.25) is 0 Å². The summed E-state index contributed by atoms with van der Waals surface area (Å²) in [5, 5.41) is 15.1. The molecular weight excluding hydrogens is 414 g/mol. The maximum Gasteiger partial charge on any atom is 0.335 e. The second-order valence-electron chi connectivity index (χ2n) is 6.80. The van der Waals surface area contributed by atoms with Crippen LogP contribution >= 0.6 is 11.3 Å². The SMILES string of the molecule is O=C1Nc2ccc3ncsc3c2C1=CNc1ccc(Oc2cccc(C(=O)O)c2)cc1. The number of nitrogens with zero attached hydrogens (tertiary/aromatic N) is 1. The van der Waals surface area contributed by atoms with Crippen LogP contribution in [0.1, 0.15) is 15.9 Å². The van der Waals surface area contributed by atoms with Crippen molar-refractivity contribution in [2.75, 3.05) is 10.6 Å². The van der Waals surface area contributed by atoms with Crippen LogP contribution < -0.4 is 15.4 Å². The van der Waals surface area contributed by atoms with Gasteiger partial charge in [0.1, 0.15) is 11.5 Å². The highest BCUT2D eigenvalue weighted by atomic mass is 32.1. The first-order valence-electron chi connectivity index (χ1n) is 9.34. The quantitative estimate of drug-likeness (QED) is 0.378. The highest BCUT2D eigenvalue weighted by molar-refractivity contribution is 7.17. The highest BCUT2D eigenvalue weighted by Crippen LogP contribution is 2.39. The Kier molecular flexibility index (Phi) is 4.61. The number of carbonyl (C=O) groups is 2. The number of benzene rings is 3. The molecule has 31 heavy (non-hydrogen) atoms. The summed E-state index contributed by atoms with van der Waals surface area (Å²) in [5.74, 6) is -0.167. The van der Waals surface area contributed by atoms with E-state index in [-0.39, 0.29) is 11.5 Å². The van der Waals surface area contributed by atoms with Crippen molar-refractivity contribution in [1.29, 1.82) is 0 Å². The summed E-state index contributed by atoms with van der Waals surface area (Å²) in [5.41, 5.74) is 5.75. The number of carboxylic acids is 1. The van der Waals surface area contributed by atoms with E-state index in [1.807, 2.05) is 24.3 Å². The second-order valence-corrected chi connectivity index (χ2v) is 7.66. The minimum Gasteiger partial charge on any atom is -0.478 e. The number of hydrogen-bond acceptors (Lipinski definition) is 6. The molecule has 1 aliphatic rings. The monoisotopic (exact) mass is 429 g/mol. The van der Waals surface area contributed by atoms with Crippen molar-refractivity contribution in [1.82, 2.24) is 4.98 Å². The molecule has 0 spiro atoms. The largest absolute Gasteiger partial charge is 0.478 e. The lowest BCUT2D eigenvalue weighted by atomic mass is 10.1. The van der Waals surface area contributed by atoms with Gasteiger partial charge in [0.05, 0.1) is 32.6 Å². The van der Waals surface area contributed by atoms with Gasteiger partial charge in [0.25, 0.3) is 5.91 Å². The molecule has 8 heteroatoms. The predicted molar refractivity (Wildman–Crippen MR) is 120 cm³/mol. The molecule has 5 rings (SSSR count). The van der Waals surface area contributed by atoms with Gasteiger partial charge in [-0.25, -0.2) is 9.78 Å². The molecule has 2 heterocycles. The molecule has 3 aromatic carbocycles. The van der Waals surface area contributed by atoms with Crippen LogP contribution in [-0.4, -0.2) is 22.0 Å². The Morgan fingerprint density at radius 1 is 1.10 bits per heavy atom.